The van der Waals surface area contributed by atoms with Crippen molar-refractivity contribution in [3.63, 3.8) is 0 Å². The minimum atomic E-state index is 0.866. The van der Waals surface area contributed by atoms with E-state index < -0.39 is 0 Å². The van der Waals surface area contributed by atoms with Gasteiger partial charge in [0.25, 0.3) is 0 Å². The molecule has 7 aromatic rings. The molecule has 0 N–H and O–H groups in total. The van der Waals surface area contributed by atoms with Gasteiger partial charge in [-0.3, -0.25) is 4.98 Å². The molecule has 7 rings (SSSR count). The summed E-state index contributed by atoms with van der Waals surface area (Å²) in [5.41, 5.74) is 9.47. The summed E-state index contributed by atoms with van der Waals surface area (Å²) in [5.74, 6) is 0. The third-order valence-electron chi connectivity index (χ3n) is 7.15. The van der Waals surface area contributed by atoms with E-state index in [-0.39, 0.29) is 0 Å². The molecule has 0 radical (unpaired) electrons. The number of para-hydroxylation sites is 2. The summed E-state index contributed by atoms with van der Waals surface area (Å²) >= 11 is 1.79. The third kappa shape index (κ3) is 5.36. The van der Waals surface area contributed by atoms with Crippen molar-refractivity contribution < 1.29 is 0 Å². The summed E-state index contributed by atoms with van der Waals surface area (Å²) in [4.78, 5) is 14.3. The summed E-state index contributed by atoms with van der Waals surface area (Å²) in [5, 5.41) is 0. The van der Waals surface area contributed by atoms with Crippen LogP contribution in [0.4, 0.5) is 17.1 Å². The van der Waals surface area contributed by atoms with Crippen LogP contribution in [0.2, 0.25) is 0 Å². The Bertz CT molecular complexity index is 1800. The maximum absolute atomic E-state index is 4.98. The second-order valence-corrected chi connectivity index (χ2v) is 11.0. The summed E-state index contributed by atoms with van der Waals surface area (Å²) in [6.07, 6.45) is 1.81. The van der Waals surface area contributed by atoms with Crippen LogP contribution in [0.15, 0.2) is 164 Å². The Hall–Kier alpha value is -5.32. The molecule has 0 unspecified atom stereocenters. The van der Waals surface area contributed by atoms with E-state index in [4.69, 9.17) is 4.98 Å². The molecule has 4 heteroatoms. The van der Waals surface area contributed by atoms with Crippen molar-refractivity contribution in [2.75, 3.05) is 4.90 Å². The summed E-state index contributed by atoms with van der Waals surface area (Å²) < 4.78 is 0. The lowest BCUT2D eigenvalue weighted by Crippen LogP contribution is -2.09. The molecule has 3 aromatic heterocycles. The number of hydrogen-bond donors (Lipinski definition) is 0. The minimum absolute atomic E-state index is 0.866. The minimum Gasteiger partial charge on any atom is -0.311 e. The monoisotopic (exact) mass is 557 g/mol. The number of nitrogens with zero attached hydrogens (tertiary/aromatic N) is 3. The van der Waals surface area contributed by atoms with Gasteiger partial charge >= 0.3 is 0 Å². The van der Waals surface area contributed by atoms with E-state index in [2.05, 4.69) is 131 Å². The molecule has 3 heterocycles. The quantitative estimate of drug-likeness (QED) is 0.195. The second kappa shape index (κ2) is 11.7. The van der Waals surface area contributed by atoms with E-state index in [0.29, 0.717) is 0 Å². The molecule has 0 saturated carbocycles. The van der Waals surface area contributed by atoms with Crippen LogP contribution in [0.25, 0.3) is 43.5 Å². The third-order valence-corrected chi connectivity index (χ3v) is 8.33. The van der Waals surface area contributed by atoms with Gasteiger partial charge in [-0.1, -0.05) is 84.9 Å². The maximum atomic E-state index is 4.98. The zero-order valence-corrected chi connectivity index (χ0v) is 23.7. The van der Waals surface area contributed by atoms with Crippen LogP contribution in [0.5, 0.6) is 0 Å². The largest absolute Gasteiger partial charge is 0.311 e. The standard InChI is InChI=1S/C38H27N3S/c1-4-12-28(13-5-1)35-26-30(27-36(40-35)34-18-10-11-25-39-34)38-24-23-37(42-38)29-19-21-33(22-20-29)41(31-14-6-2-7-15-31)32-16-8-3-9-17-32/h1-27H. The van der Waals surface area contributed by atoms with E-state index in [1.807, 2.05) is 42.6 Å². The van der Waals surface area contributed by atoms with Crippen LogP contribution < -0.4 is 4.90 Å². The Labute approximate surface area is 250 Å². The Morgan fingerprint density at radius 2 is 0.952 bits per heavy atom. The molecule has 200 valence electrons. The number of aromatic nitrogens is 2. The highest BCUT2D eigenvalue weighted by molar-refractivity contribution is 7.18. The van der Waals surface area contributed by atoms with Gasteiger partial charge in [0.15, 0.2) is 0 Å². The topological polar surface area (TPSA) is 29.0 Å². The fraction of sp³-hybridized carbons (Fsp3) is 0. The lowest BCUT2D eigenvalue weighted by Gasteiger charge is -2.25. The first-order chi connectivity index (χ1) is 20.8. The van der Waals surface area contributed by atoms with Gasteiger partial charge in [0.05, 0.1) is 17.1 Å². The van der Waals surface area contributed by atoms with E-state index >= 15 is 0 Å². The van der Waals surface area contributed by atoms with Gasteiger partial charge < -0.3 is 4.90 Å². The van der Waals surface area contributed by atoms with E-state index in [9.17, 15) is 0 Å². The van der Waals surface area contributed by atoms with Crippen LogP contribution in [-0.2, 0) is 0 Å². The first-order valence-corrected chi connectivity index (χ1v) is 14.7. The van der Waals surface area contributed by atoms with Crippen molar-refractivity contribution in [1.29, 1.82) is 0 Å². The highest BCUT2D eigenvalue weighted by Crippen LogP contribution is 2.39. The van der Waals surface area contributed by atoms with Gasteiger partial charge in [-0.25, -0.2) is 4.98 Å². The lowest BCUT2D eigenvalue weighted by atomic mass is 10.1. The number of pyridine rings is 2. The molecular weight excluding hydrogens is 531 g/mol. The normalized spacial score (nSPS) is 10.9. The predicted molar refractivity (Wildman–Crippen MR) is 176 cm³/mol. The molecule has 0 aliphatic rings. The smallest absolute Gasteiger partial charge is 0.0900 e. The zero-order chi connectivity index (χ0) is 28.1. The Kier molecular flexibility index (Phi) is 7.11. The molecule has 0 saturated heterocycles. The van der Waals surface area contributed by atoms with Gasteiger partial charge in [0.1, 0.15) is 0 Å². The highest BCUT2D eigenvalue weighted by Gasteiger charge is 2.14. The SMILES string of the molecule is c1ccc(-c2cc(-c3ccc(-c4ccc(N(c5ccccc5)c5ccccc5)cc4)s3)cc(-c3ccccn3)n2)cc1. The first kappa shape index (κ1) is 25.6. The fourth-order valence-electron chi connectivity index (χ4n) is 5.10. The van der Waals surface area contributed by atoms with Crippen molar-refractivity contribution in [3.8, 4) is 43.5 Å². The van der Waals surface area contributed by atoms with Gasteiger partial charge in [-0.05, 0) is 83.9 Å². The van der Waals surface area contributed by atoms with Crippen molar-refractivity contribution >= 4 is 28.4 Å². The molecular formula is C38H27N3S. The molecule has 0 aliphatic carbocycles. The molecule has 0 bridgehead atoms. The van der Waals surface area contributed by atoms with Crippen molar-refractivity contribution in [1.82, 2.24) is 9.97 Å². The molecule has 0 fully saturated rings. The van der Waals surface area contributed by atoms with Crippen molar-refractivity contribution in [3.05, 3.63) is 164 Å². The molecule has 3 nitrogen and oxygen atoms in total. The fourth-order valence-corrected chi connectivity index (χ4v) is 6.10. The average molecular weight is 558 g/mol. The molecule has 42 heavy (non-hydrogen) atoms. The molecule has 0 amide bonds. The maximum Gasteiger partial charge on any atom is 0.0900 e. The molecule has 0 spiro atoms. The van der Waals surface area contributed by atoms with Gasteiger partial charge in [-0.2, -0.15) is 0 Å². The summed E-state index contributed by atoms with van der Waals surface area (Å²) in [6, 6.07) is 54.8. The van der Waals surface area contributed by atoms with Crippen LogP contribution >= 0.6 is 11.3 Å². The Balaban J connectivity index is 1.23. The van der Waals surface area contributed by atoms with Crippen molar-refractivity contribution in [2.45, 2.75) is 0 Å². The van der Waals surface area contributed by atoms with Gasteiger partial charge in [-0.15, -0.1) is 11.3 Å². The average Bonchev–Trinajstić information content (AvgIpc) is 3.58. The summed E-state index contributed by atoms with van der Waals surface area (Å²) in [6.45, 7) is 0. The second-order valence-electron chi connectivity index (χ2n) is 9.92. The Morgan fingerprint density at radius 3 is 1.57 bits per heavy atom. The van der Waals surface area contributed by atoms with E-state index in [0.717, 1.165) is 45.3 Å². The predicted octanol–water partition coefficient (Wildman–Crippen LogP) is 10.7. The van der Waals surface area contributed by atoms with Crippen LogP contribution in [0, 0.1) is 0 Å². The van der Waals surface area contributed by atoms with Crippen LogP contribution in [0.1, 0.15) is 0 Å². The number of benzene rings is 4. The highest BCUT2D eigenvalue weighted by atomic mass is 32.1. The summed E-state index contributed by atoms with van der Waals surface area (Å²) in [7, 11) is 0. The number of thiophene rings is 1. The Morgan fingerprint density at radius 1 is 0.405 bits per heavy atom. The van der Waals surface area contributed by atoms with E-state index in [1.54, 1.807) is 11.3 Å². The van der Waals surface area contributed by atoms with E-state index in [1.165, 1.54) is 15.3 Å². The lowest BCUT2D eigenvalue weighted by molar-refractivity contribution is 1.25. The number of hydrogen-bond acceptors (Lipinski definition) is 4. The molecule has 4 aromatic carbocycles. The van der Waals surface area contributed by atoms with Crippen molar-refractivity contribution in [2.24, 2.45) is 0 Å². The molecule has 0 atom stereocenters. The van der Waals surface area contributed by atoms with Crippen LogP contribution in [-0.4, -0.2) is 9.97 Å². The van der Waals surface area contributed by atoms with Gasteiger partial charge in [0.2, 0.25) is 0 Å². The molecule has 0 aliphatic heterocycles. The van der Waals surface area contributed by atoms with Gasteiger partial charge in [0, 0.05) is 38.6 Å². The number of rotatable bonds is 7. The number of anilines is 3. The van der Waals surface area contributed by atoms with Crippen LogP contribution in [0.3, 0.4) is 0 Å². The zero-order valence-electron chi connectivity index (χ0n) is 22.8. The first-order valence-electron chi connectivity index (χ1n) is 13.9.